The summed E-state index contributed by atoms with van der Waals surface area (Å²) in [5.41, 5.74) is 0.717. The molecule has 4 rings (SSSR count). The molecule has 3 heterocycles. The molecular weight excluding hydrogens is 298 g/mol. The number of carbonyl (C=O) groups is 1. The summed E-state index contributed by atoms with van der Waals surface area (Å²) >= 11 is 1.50. The standard InChI is InChI=1S/C16H15N3O2S/c20-16(15-7-11-3-1-2-4-14(11)22-15)18-12-8-17-19(9-12)13-5-6-21-10-13/h1-4,7-9,13H,5-6,10H2,(H,18,20). The van der Waals surface area contributed by atoms with Crippen LogP contribution in [0.25, 0.3) is 10.1 Å². The van der Waals surface area contributed by atoms with Crippen molar-refractivity contribution in [3.8, 4) is 0 Å². The van der Waals surface area contributed by atoms with Gasteiger partial charge in [-0.2, -0.15) is 5.10 Å². The van der Waals surface area contributed by atoms with Gasteiger partial charge in [0.1, 0.15) is 0 Å². The van der Waals surface area contributed by atoms with Crippen LogP contribution in [0.1, 0.15) is 22.1 Å². The summed E-state index contributed by atoms with van der Waals surface area (Å²) in [6, 6.07) is 10.2. The molecule has 1 unspecified atom stereocenters. The topological polar surface area (TPSA) is 56.2 Å². The number of thiophene rings is 1. The highest BCUT2D eigenvalue weighted by molar-refractivity contribution is 7.20. The van der Waals surface area contributed by atoms with E-state index in [0.29, 0.717) is 17.2 Å². The summed E-state index contributed by atoms with van der Waals surface area (Å²) < 4.78 is 8.34. The Bertz CT molecular complexity index is 785. The van der Waals surface area contributed by atoms with Crippen molar-refractivity contribution in [2.75, 3.05) is 18.5 Å². The molecule has 6 heteroatoms. The molecule has 1 N–H and O–H groups in total. The van der Waals surface area contributed by atoms with E-state index in [1.807, 2.05) is 41.2 Å². The molecule has 0 spiro atoms. The summed E-state index contributed by atoms with van der Waals surface area (Å²) in [5, 5.41) is 8.32. The molecule has 0 aliphatic carbocycles. The number of nitrogens with zero attached hydrogens (tertiary/aromatic N) is 2. The van der Waals surface area contributed by atoms with Crippen molar-refractivity contribution in [1.82, 2.24) is 9.78 Å². The smallest absolute Gasteiger partial charge is 0.265 e. The normalized spacial score (nSPS) is 17.9. The van der Waals surface area contributed by atoms with Gasteiger partial charge in [-0.05, 0) is 23.9 Å². The Balaban J connectivity index is 1.51. The van der Waals surface area contributed by atoms with E-state index in [0.717, 1.165) is 23.1 Å². The van der Waals surface area contributed by atoms with Crippen LogP contribution < -0.4 is 5.32 Å². The largest absolute Gasteiger partial charge is 0.379 e. The van der Waals surface area contributed by atoms with E-state index < -0.39 is 0 Å². The number of ether oxygens (including phenoxy) is 1. The van der Waals surface area contributed by atoms with E-state index in [2.05, 4.69) is 10.4 Å². The summed E-state index contributed by atoms with van der Waals surface area (Å²) in [7, 11) is 0. The number of hydrogen-bond donors (Lipinski definition) is 1. The molecule has 112 valence electrons. The molecule has 2 aromatic heterocycles. The van der Waals surface area contributed by atoms with Crippen molar-refractivity contribution in [1.29, 1.82) is 0 Å². The first kappa shape index (κ1) is 13.5. The van der Waals surface area contributed by atoms with Gasteiger partial charge in [0.25, 0.3) is 5.91 Å². The minimum Gasteiger partial charge on any atom is -0.379 e. The first-order valence-electron chi connectivity index (χ1n) is 7.21. The molecule has 1 aliphatic heterocycles. The Labute approximate surface area is 131 Å². The van der Waals surface area contributed by atoms with E-state index in [1.165, 1.54) is 11.3 Å². The van der Waals surface area contributed by atoms with E-state index in [9.17, 15) is 4.79 Å². The van der Waals surface area contributed by atoms with Crippen molar-refractivity contribution >= 4 is 33.0 Å². The predicted molar refractivity (Wildman–Crippen MR) is 86.5 cm³/mol. The van der Waals surface area contributed by atoms with Crippen LogP contribution in [-0.4, -0.2) is 28.9 Å². The van der Waals surface area contributed by atoms with Crippen molar-refractivity contribution in [3.63, 3.8) is 0 Å². The maximum atomic E-state index is 12.4. The number of amides is 1. The van der Waals surface area contributed by atoms with Crippen LogP contribution in [0.3, 0.4) is 0 Å². The second-order valence-corrected chi connectivity index (χ2v) is 6.41. The summed E-state index contributed by atoms with van der Waals surface area (Å²) in [4.78, 5) is 13.1. The number of benzene rings is 1. The van der Waals surface area contributed by atoms with Crippen LogP contribution >= 0.6 is 11.3 Å². The molecule has 1 atom stereocenters. The molecule has 1 aliphatic rings. The van der Waals surface area contributed by atoms with Crippen LogP contribution in [0, 0.1) is 0 Å². The minimum atomic E-state index is -0.0941. The summed E-state index contributed by atoms with van der Waals surface area (Å²) in [5.74, 6) is -0.0941. The van der Waals surface area contributed by atoms with Crippen LogP contribution in [0.4, 0.5) is 5.69 Å². The van der Waals surface area contributed by atoms with Gasteiger partial charge in [0.05, 0.1) is 29.4 Å². The maximum Gasteiger partial charge on any atom is 0.265 e. The third kappa shape index (κ3) is 2.51. The minimum absolute atomic E-state index is 0.0941. The molecule has 1 amide bonds. The highest BCUT2D eigenvalue weighted by atomic mass is 32.1. The quantitative estimate of drug-likeness (QED) is 0.807. The lowest BCUT2D eigenvalue weighted by molar-refractivity contribution is 0.103. The third-order valence-electron chi connectivity index (χ3n) is 3.79. The van der Waals surface area contributed by atoms with Gasteiger partial charge in [-0.1, -0.05) is 18.2 Å². The zero-order valence-corrected chi connectivity index (χ0v) is 12.7. The van der Waals surface area contributed by atoms with Crippen LogP contribution in [0.15, 0.2) is 42.7 Å². The Kier molecular flexibility index (Phi) is 3.40. The number of aromatic nitrogens is 2. The van der Waals surface area contributed by atoms with Gasteiger partial charge in [-0.25, -0.2) is 0 Å². The van der Waals surface area contributed by atoms with Crippen molar-refractivity contribution in [3.05, 3.63) is 47.6 Å². The Morgan fingerprint density at radius 3 is 3.14 bits per heavy atom. The molecule has 3 aromatic rings. The lowest BCUT2D eigenvalue weighted by atomic mass is 10.2. The lowest BCUT2D eigenvalue weighted by Crippen LogP contribution is -2.10. The Morgan fingerprint density at radius 2 is 2.32 bits per heavy atom. The van der Waals surface area contributed by atoms with Gasteiger partial charge >= 0.3 is 0 Å². The van der Waals surface area contributed by atoms with Gasteiger partial charge in [0.2, 0.25) is 0 Å². The Hall–Kier alpha value is -2.18. The number of carbonyl (C=O) groups excluding carboxylic acids is 1. The van der Waals surface area contributed by atoms with Crippen LogP contribution in [0.5, 0.6) is 0 Å². The van der Waals surface area contributed by atoms with E-state index in [-0.39, 0.29) is 11.9 Å². The zero-order valence-electron chi connectivity index (χ0n) is 11.9. The highest BCUT2D eigenvalue weighted by Crippen LogP contribution is 2.26. The fourth-order valence-electron chi connectivity index (χ4n) is 2.62. The molecular formula is C16H15N3O2S. The second kappa shape index (κ2) is 5.55. The van der Waals surface area contributed by atoms with Crippen LogP contribution in [0.2, 0.25) is 0 Å². The van der Waals surface area contributed by atoms with E-state index in [4.69, 9.17) is 4.74 Å². The predicted octanol–water partition coefficient (Wildman–Crippen LogP) is 3.31. The SMILES string of the molecule is O=C(Nc1cnn(C2CCOC2)c1)c1cc2ccccc2s1. The molecule has 0 radical (unpaired) electrons. The number of rotatable bonds is 3. The average Bonchev–Trinajstić information content (AvgIpc) is 3.26. The molecule has 5 nitrogen and oxygen atoms in total. The number of anilines is 1. The third-order valence-corrected chi connectivity index (χ3v) is 4.90. The molecule has 0 bridgehead atoms. The van der Waals surface area contributed by atoms with Gasteiger partial charge in [-0.15, -0.1) is 11.3 Å². The first-order chi connectivity index (χ1) is 10.8. The average molecular weight is 313 g/mol. The molecule has 0 saturated carbocycles. The fourth-order valence-corrected chi connectivity index (χ4v) is 3.58. The van der Waals surface area contributed by atoms with Gasteiger partial charge < -0.3 is 10.1 Å². The molecule has 1 fully saturated rings. The molecule has 22 heavy (non-hydrogen) atoms. The van der Waals surface area contributed by atoms with Crippen molar-refractivity contribution in [2.45, 2.75) is 12.5 Å². The van der Waals surface area contributed by atoms with Crippen molar-refractivity contribution in [2.24, 2.45) is 0 Å². The molecule has 1 saturated heterocycles. The molecule has 1 aromatic carbocycles. The van der Waals surface area contributed by atoms with Crippen LogP contribution in [-0.2, 0) is 4.74 Å². The number of nitrogens with one attached hydrogen (secondary N) is 1. The zero-order chi connectivity index (χ0) is 14.9. The van der Waals surface area contributed by atoms with Gasteiger partial charge in [-0.3, -0.25) is 9.48 Å². The number of fused-ring (bicyclic) bond motifs is 1. The van der Waals surface area contributed by atoms with Gasteiger partial charge in [0, 0.05) is 17.5 Å². The monoisotopic (exact) mass is 313 g/mol. The summed E-state index contributed by atoms with van der Waals surface area (Å²) in [6.45, 7) is 1.46. The first-order valence-corrected chi connectivity index (χ1v) is 8.03. The lowest BCUT2D eigenvalue weighted by Gasteiger charge is -2.06. The van der Waals surface area contributed by atoms with E-state index in [1.54, 1.807) is 6.20 Å². The maximum absolute atomic E-state index is 12.4. The summed E-state index contributed by atoms with van der Waals surface area (Å²) in [6.07, 6.45) is 4.51. The van der Waals surface area contributed by atoms with E-state index >= 15 is 0 Å². The van der Waals surface area contributed by atoms with Gasteiger partial charge in [0.15, 0.2) is 0 Å². The second-order valence-electron chi connectivity index (χ2n) is 5.33. The van der Waals surface area contributed by atoms with Crippen molar-refractivity contribution < 1.29 is 9.53 Å². The number of hydrogen-bond acceptors (Lipinski definition) is 4. The Morgan fingerprint density at radius 1 is 1.41 bits per heavy atom. The highest BCUT2D eigenvalue weighted by Gasteiger charge is 2.19. The fraction of sp³-hybridized carbons (Fsp3) is 0.250.